The highest BCUT2D eigenvalue weighted by molar-refractivity contribution is 5.75. The largest absolute Gasteiger partial charge is 0.507 e. The molecule has 0 bridgehead atoms. The van der Waals surface area contributed by atoms with E-state index in [4.69, 9.17) is 4.74 Å². The minimum absolute atomic E-state index is 0.0321. The zero-order valence-corrected chi connectivity index (χ0v) is 30.8. The number of hydrogen-bond donors (Lipinski definition) is 3. The van der Waals surface area contributed by atoms with Crippen LogP contribution in [0.25, 0.3) is 0 Å². The van der Waals surface area contributed by atoms with Gasteiger partial charge >= 0.3 is 11.9 Å². The first-order chi connectivity index (χ1) is 22.7. The lowest BCUT2D eigenvalue weighted by atomic mass is 9.83. The van der Waals surface area contributed by atoms with Crippen LogP contribution >= 0.6 is 0 Å². The van der Waals surface area contributed by atoms with Crippen LogP contribution in [0.2, 0.25) is 0 Å². The van der Waals surface area contributed by atoms with E-state index in [-0.39, 0.29) is 30.7 Å². The molecule has 1 heterocycles. The van der Waals surface area contributed by atoms with Gasteiger partial charge in [-0.25, -0.2) is 0 Å². The molecule has 0 saturated heterocycles. The van der Waals surface area contributed by atoms with Crippen molar-refractivity contribution in [2.24, 2.45) is 17.8 Å². The van der Waals surface area contributed by atoms with Crippen molar-refractivity contribution < 1.29 is 29.6 Å². The monoisotopic (exact) mass is 665 g/mol. The summed E-state index contributed by atoms with van der Waals surface area (Å²) in [5.41, 5.74) is 3.88. The Kier molecular flexibility index (Phi) is 15.3. The lowest BCUT2D eigenvalue weighted by Crippen LogP contribution is -2.41. The van der Waals surface area contributed by atoms with Crippen molar-refractivity contribution in [3.8, 4) is 11.5 Å². The number of ether oxygens (including phenoxy) is 1. The van der Waals surface area contributed by atoms with Gasteiger partial charge in [-0.3, -0.25) is 14.5 Å². The third-order valence-electron chi connectivity index (χ3n) is 10.7. The normalized spacial score (nSPS) is 17.9. The van der Waals surface area contributed by atoms with Gasteiger partial charge in [0.2, 0.25) is 0 Å². The molecule has 48 heavy (non-hydrogen) atoms. The summed E-state index contributed by atoms with van der Waals surface area (Å²) in [4.78, 5) is 25.7. The topological polar surface area (TPSA) is 107 Å². The second kappa shape index (κ2) is 18.6. The zero-order chi connectivity index (χ0) is 35.4. The van der Waals surface area contributed by atoms with Crippen LogP contribution in [0.1, 0.15) is 139 Å². The molecule has 268 valence electrons. The third kappa shape index (κ3) is 11.8. The molecule has 2 aromatic rings. The lowest BCUT2D eigenvalue weighted by Gasteiger charge is -2.39. The number of benzene rings is 2. The summed E-state index contributed by atoms with van der Waals surface area (Å²) in [7, 11) is 0. The maximum absolute atomic E-state index is 12.5. The maximum atomic E-state index is 12.5. The Balaban J connectivity index is 1.71. The number of carboxylic acid groups (broad SMARTS) is 2. The number of carbonyl (C=O) groups is 2. The Hall–Kier alpha value is -3.06. The summed E-state index contributed by atoms with van der Waals surface area (Å²) in [6.07, 6.45) is 12.4. The summed E-state index contributed by atoms with van der Waals surface area (Å²) in [6.45, 7) is 16.0. The van der Waals surface area contributed by atoms with E-state index in [1.807, 2.05) is 44.2 Å². The van der Waals surface area contributed by atoms with E-state index in [0.29, 0.717) is 18.0 Å². The molecule has 7 heteroatoms. The van der Waals surface area contributed by atoms with Gasteiger partial charge in [0.15, 0.2) is 0 Å². The molecule has 0 amide bonds. The van der Waals surface area contributed by atoms with E-state index in [9.17, 15) is 24.9 Å². The van der Waals surface area contributed by atoms with Gasteiger partial charge in [0.05, 0.1) is 0 Å². The van der Waals surface area contributed by atoms with Crippen LogP contribution < -0.4 is 4.74 Å². The predicted octanol–water partition coefficient (Wildman–Crippen LogP) is 9.85. The van der Waals surface area contributed by atoms with Crippen LogP contribution in [-0.4, -0.2) is 43.8 Å². The molecule has 4 atom stereocenters. The van der Waals surface area contributed by atoms with Gasteiger partial charge in [0.25, 0.3) is 0 Å². The minimum atomic E-state index is -1.07. The molecular formula is C41H63NO6. The van der Waals surface area contributed by atoms with Gasteiger partial charge in [-0.2, -0.15) is 0 Å². The average Bonchev–Trinajstić information content (AvgIpc) is 3.02. The van der Waals surface area contributed by atoms with Crippen molar-refractivity contribution >= 4 is 11.9 Å². The molecule has 1 aliphatic heterocycles. The average molecular weight is 666 g/mol. The van der Waals surface area contributed by atoms with Gasteiger partial charge in [-0.05, 0) is 87.3 Å². The maximum Gasteiger partial charge on any atom is 0.320 e. The van der Waals surface area contributed by atoms with E-state index in [0.717, 1.165) is 65.5 Å². The molecule has 0 radical (unpaired) electrons. The van der Waals surface area contributed by atoms with Crippen LogP contribution in [-0.2, 0) is 29.1 Å². The molecule has 0 spiro atoms. The van der Waals surface area contributed by atoms with Gasteiger partial charge in [-0.1, -0.05) is 103 Å². The first-order valence-corrected chi connectivity index (χ1v) is 18.5. The van der Waals surface area contributed by atoms with E-state index in [1.165, 1.54) is 44.9 Å². The Labute approximate surface area is 290 Å². The molecule has 3 rings (SSSR count). The first-order valence-electron chi connectivity index (χ1n) is 18.5. The van der Waals surface area contributed by atoms with Crippen LogP contribution in [0, 0.1) is 31.6 Å². The van der Waals surface area contributed by atoms with Gasteiger partial charge in [0, 0.05) is 30.6 Å². The molecule has 0 fully saturated rings. The zero-order valence-electron chi connectivity index (χ0n) is 30.8. The van der Waals surface area contributed by atoms with E-state index in [1.54, 1.807) is 4.90 Å². The smallest absolute Gasteiger partial charge is 0.320 e. The highest BCUT2D eigenvalue weighted by Crippen LogP contribution is 2.45. The fourth-order valence-electron chi connectivity index (χ4n) is 7.34. The van der Waals surface area contributed by atoms with Gasteiger partial charge < -0.3 is 20.1 Å². The van der Waals surface area contributed by atoms with E-state index < -0.39 is 18.0 Å². The second-order valence-corrected chi connectivity index (χ2v) is 15.5. The third-order valence-corrected chi connectivity index (χ3v) is 10.7. The number of hydrogen-bond acceptors (Lipinski definition) is 5. The van der Waals surface area contributed by atoms with Crippen LogP contribution in [0.5, 0.6) is 11.5 Å². The summed E-state index contributed by atoms with van der Waals surface area (Å²) < 4.78 is 6.84. The fraction of sp³-hybridized carbons (Fsp3) is 0.659. The number of rotatable bonds is 21. The molecule has 0 aliphatic carbocycles. The van der Waals surface area contributed by atoms with E-state index >= 15 is 0 Å². The van der Waals surface area contributed by atoms with Crippen molar-refractivity contribution in [3.63, 3.8) is 0 Å². The quantitative estimate of drug-likeness (QED) is 0.122. The van der Waals surface area contributed by atoms with Crippen molar-refractivity contribution in [2.75, 3.05) is 0 Å². The lowest BCUT2D eigenvalue weighted by molar-refractivity contribution is -0.145. The van der Waals surface area contributed by atoms with Gasteiger partial charge in [0.1, 0.15) is 23.1 Å². The number of aromatic hydroxyl groups is 1. The van der Waals surface area contributed by atoms with Crippen LogP contribution in [0.3, 0.4) is 0 Å². The SMILES string of the molecule is Cc1c(C)c2c(c(CN(Cc3ccccc3)[C@@H](CCC(=O)O)C(=O)O)c1O)CCC(C)(CCCC(C)CCCC(C)CCCC(C)C)O2. The van der Waals surface area contributed by atoms with Crippen LogP contribution in [0.4, 0.5) is 0 Å². The van der Waals surface area contributed by atoms with Gasteiger partial charge in [-0.15, -0.1) is 0 Å². The highest BCUT2D eigenvalue weighted by Gasteiger charge is 2.36. The standard InChI is InChI=1S/C41H63NO6/c1-28(2)14-11-15-29(3)16-12-17-30(4)18-13-24-41(7)25-23-34-35(38(45)31(5)32(6)39(34)48-41)27-42(26-33-19-9-8-10-20-33)36(40(46)47)21-22-37(43)44/h8-10,19-20,28-30,36,45H,11-18,21-27H2,1-7H3,(H,43,44)(H,46,47)/t29?,30?,36-,41?/m0/s1. The van der Waals surface area contributed by atoms with Crippen LogP contribution in [0.15, 0.2) is 30.3 Å². The minimum Gasteiger partial charge on any atom is -0.507 e. The molecule has 7 nitrogen and oxygen atoms in total. The molecule has 3 unspecified atom stereocenters. The second-order valence-electron chi connectivity index (χ2n) is 15.5. The molecule has 1 aliphatic rings. The van der Waals surface area contributed by atoms with Crippen molar-refractivity contribution in [2.45, 2.75) is 157 Å². The molecule has 0 saturated carbocycles. The molecule has 3 N–H and O–H groups in total. The number of phenols is 1. The van der Waals surface area contributed by atoms with Crippen molar-refractivity contribution in [1.82, 2.24) is 4.90 Å². The number of phenolic OH excluding ortho intramolecular Hbond substituents is 1. The summed E-state index contributed by atoms with van der Waals surface area (Å²) >= 11 is 0. The summed E-state index contributed by atoms with van der Waals surface area (Å²) in [5.74, 6) is 1.18. The first kappa shape index (κ1) is 39.4. The molecular weight excluding hydrogens is 602 g/mol. The fourth-order valence-corrected chi connectivity index (χ4v) is 7.34. The summed E-state index contributed by atoms with van der Waals surface area (Å²) in [6, 6.07) is 8.56. The number of carboxylic acids is 2. The Morgan fingerprint density at radius 1 is 0.854 bits per heavy atom. The molecule has 0 aromatic heterocycles. The summed E-state index contributed by atoms with van der Waals surface area (Å²) in [5, 5.41) is 31.0. The highest BCUT2D eigenvalue weighted by atomic mass is 16.5. The Morgan fingerprint density at radius 2 is 1.46 bits per heavy atom. The van der Waals surface area contributed by atoms with Crippen molar-refractivity contribution in [3.05, 3.63) is 58.1 Å². The number of fused-ring (bicyclic) bond motifs is 1. The number of nitrogens with zero attached hydrogens (tertiary/aromatic N) is 1. The molecule has 2 aromatic carbocycles. The Morgan fingerprint density at radius 3 is 2.04 bits per heavy atom. The predicted molar refractivity (Wildman–Crippen MR) is 194 cm³/mol. The van der Waals surface area contributed by atoms with Crippen molar-refractivity contribution in [1.29, 1.82) is 0 Å². The Bertz CT molecular complexity index is 1320. The number of aliphatic carboxylic acids is 2. The van der Waals surface area contributed by atoms with E-state index in [2.05, 4.69) is 34.6 Å².